The van der Waals surface area contributed by atoms with Crippen molar-refractivity contribution < 1.29 is 9.21 Å². The van der Waals surface area contributed by atoms with Gasteiger partial charge in [0.25, 0.3) is 0 Å². The van der Waals surface area contributed by atoms with Crippen LogP contribution in [-0.4, -0.2) is 28.8 Å². The number of hydrogen-bond donors (Lipinski definition) is 2. The van der Waals surface area contributed by atoms with Crippen LogP contribution in [0.3, 0.4) is 0 Å². The number of benzene rings is 1. The number of aromatic nitrogens is 2. The number of rotatable bonds is 5. The van der Waals surface area contributed by atoms with Gasteiger partial charge in [0, 0.05) is 24.6 Å². The normalized spacial score (nSPS) is 20.7. The van der Waals surface area contributed by atoms with Gasteiger partial charge in [0.1, 0.15) is 0 Å². The number of nitrogens with zero attached hydrogens (tertiary/aromatic N) is 2. The molecule has 1 fully saturated rings. The summed E-state index contributed by atoms with van der Waals surface area (Å²) in [7, 11) is 0. The highest BCUT2D eigenvalue weighted by atomic mass is 16.4. The Morgan fingerprint density at radius 2 is 2.00 bits per heavy atom. The molecule has 134 valence electrons. The van der Waals surface area contributed by atoms with Crippen LogP contribution in [0.2, 0.25) is 0 Å². The van der Waals surface area contributed by atoms with Crippen molar-refractivity contribution in [1.29, 1.82) is 0 Å². The Morgan fingerprint density at radius 3 is 2.84 bits per heavy atom. The van der Waals surface area contributed by atoms with E-state index in [1.165, 1.54) is 19.3 Å². The van der Waals surface area contributed by atoms with E-state index in [1.807, 2.05) is 30.3 Å². The van der Waals surface area contributed by atoms with E-state index in [0.29, 0.717) is 24.7 Å². The van der Waals surface area contributed by atoms with Crippen LogP contribution in [0.4, 0.5) is 4.79 Å². The fraction of sp³-hybridized carbons (Fsp3) is 0.526. The van der Waals surface area contributed by atoms with Gasteiger partial charge in [-0.15, -0.1) is 10.2 Å². The first-order valence-corrected chi connectivity index (χ1v) is 9.13. The van der Waals surface area contributed by atoms with Crippen molar-refractivity contribution in [2.24, 2.45) is 5.92 Å². The molecule has 2 N–H and O–H groups in total. The lowest BCUT2D eigenvalue weighted by molar-refractivity contribution is 0.235. The summed E-state index contributed by atoms with van der Waals surface area (Å²) in [6.45, 7) is 2.77. The summed E-state index contributed by atoms with van der Waals surface area (Å²) in [6, 6.07) is 9.84. The molecule has 3 rings (SSSR count). The zero-order valence-corrected chi connectivity index (χ0v) is 14.7. The van der Waals surface area contributed by atoms with Crippen LogP contribution in [0.1, 0.15) is 44.9 Å². The molecular weight excluding hydrogens is 316 g/mol. The van der Waals surface area contributed by atoms with Crippen LogP contribution < -0.4 is 10.6 Å². The molecule has 0 saturated heterocycles. The van der Waals surface area contributed by atoms with Gasteiger partial charge in [-0.1, -0.05) is 38.0 Å². The number of carbonyl (C=O) groups excluding carboxylic acids is 1. The smallest absolute Gasteiger partial charge is 0.315 e. The zero-order chi connectivity index (χ0) is 17.5. The molecule has 1 heterocycles. The molecule has 1 aromatic carbocycles. The number of urea groups is 1. The Morgan fingerprint density at radius 1 is 1.16 bits per heavy atom. The second kappa shape index (κ2) is 8.65. The van der Waals surface area contributed by atoms with E-state index in [-0.39, 0.29) is 12.1 Å². The predicted octanol–water partition coefficient (Wildman–Crippen LogP) is 3.55. The molecule has 2 amide bonds. The van der Waals surface area contributed by atoms with Crippen molar-refractivity contribution in [2.45, 2.75) is 51.5 Å². The number of nitrogens with one attached hydrogen (secondary N) is 2. The minimum Gasteiger partial charge on any atom is -0.421 e. The summed E-state index contributed by atoms with van der Waals surface area (Å²) < 4.78 is 5.64. The highest BCUT2D eigenvalue weighted by Gasteiger charge is 2.17. The number of amides is 2. The molecule has 1 aliphatic rings. The Kier molecular flexibility index (Phi) is 6.04. The van der Waals surface area contributed by atoms with Crippen LogP contribution in [0.25, 0.3) is 11.5 Å². The Hall–Kier alpha value is -2.37. The lowest BCUT2D eigenvalue weighted by Crippen LogP contribution is -2.42. The van der Waals surface area contributed by atoms with Crippen molar-refractivity contribution in [2.75, 3.05) is 6.54 Å². The Bertz CT molecular complexity index is 671. The van der Waals surface area contributed by atoms with Crippen LogP contribution in [0, 0.1) is 5.92 Å². The van der Waals surface area contributed by atoms with Gasteiger partial charge in [-0.05, 0) is 37.3 Å². The third-order valence-corrected chi connectivity index (χ3v) is 4.70. The van der Waals surface area contributed by atoms with Gasteiger partial charge in [-0.2, -0.15) is 0 Å². The summed E-state index contributed by atoms with van der Waals surface area (Å²) in [5.74, 6) is 1.81. The molecule has 6 heteroatoms. The maximum atomic E-state index is 12.0. The molecule has 6 nitrogen and oxygen atoms in total. The SMILES string of the molecule is C[C@@H]1CCC[C@@H](NC(=O)NCCc2nnc(-c3ccccc3)o2)CC1. The zero-order valence-electron chi connectivity index (χ0n) is 14.7. The lowest BCUT2D eigenvalue weighted by atomic mass is 10.0. The molecular formula is C19H26N4O2. The number of carbonyl (C=O) groups is 1. The Balaban J connectivity index is 1.41. The molecule has 2 atom stereocenters. The van der Waals surface area contributed by atoms with E-state index < -0.39 is 0 Å². The van der Waals surface area contributed by atoms with Gasteiger partial charge in [-0.3, -0.25) is 0 Å². The minimum absolute atomic E-state index is 0.109. The molecule has 1 saturated carbocycles. The first kappa shape index (κ1) is 17.5. The van der Waals surface area contributed by atoms with Gasteiger partial charge in [0.2, 0.25) is 11.8 Å². The van der Waals surface area contributed by atoms with E-state index in [4.69, 9.17) is 4.42 Å². The van der Waals surface area contributed by atoms with E-state index >= 15 is 0 Å². The Labute approximate surface area is 148 Å². The molecule has 0 bridgehead atoms. The van der Waals surface area contributed by atoms with Crippen molar-refractivity contribution in [3.8, 4) is 11.5 Å². The van der Waals surface area contributed by atoms with E-state index in [1.54, 1.807) is 0 Å². The highest BCUT2D eigenvalue weighted by Crippen LogP contribution is 2.22. The maximum Gasteiger partial charge on any atom is 0.315 e. The molecule has 0 unspecified atom stereocenters. The average Bonchev–Trinajstić information content (AvgIpc) is 3.00. The summed E-state index contributed by atoms with van der Waals surface area (Å²) in [6.07, 6.45) is 6.31. The second-order valence-electron chi connectivity index (χ2n) is 6.83. The summed E-state index contributed by atoms with van der Waals surface area (Å²) in [4.78, 5) is 12.0. The van der Waals surface area contributed by atoms with Crippen LogP contribution in [0.15, 0.2) is 34.7 Å². The molecule has 1 aliphatic carbocycles. The minimum atomic E-state index is -0.109. The molecule has 1 aromatic heterocycles. The van der Waals surface area contributed by atoms with Crippen LogP contribution in [0.5, 0.6) is 0 Å². The molecule has 25 heavy (non-hydrogen) atoms. The molecule has 0 aliphatic heterocycles. The third kappa shape index (κ3) is 5.31. The highest BCUT2D eigenvalue weighted by molar-refractivity contribution is 5.74. The van der Waals surface area contributed by atoms with Gasteiger partial charge >= 0.3 is 6.03 Å². The fourth-order valence-corrected chi connectivity index (χ4v) is 3.20. The van der Waals surface area contributed by atoms with Crippen molar-refractivity contribution in [1.82, 2.24) is 20.8 Å². The molecule has 0 radical (unpaired) electrons. The molecule has 0 spiro atoms. The second-order valence-corrected chi connectivity index (χ2v) is 6.83. The van der Waals surface area contributed by atoms with E-state index in [9.17, 15) is 4.79 Å². The first-order valence-electron chi connectivity index (χ1n) is 9.13. The summed E-state index contributed by atoms with van der Waals surface area (Å²) >= 11 is 0. The van der Waals surface area contributed by atoms with Crippen LogP contribution in [-0.2, 0) is 6.42 Å². The largest absolute Gasteiger partial charge is 0.421 e. The van der Waals surface area contributed by atoms with Gasteiger partial charge in [0.15, 0.2) is 0 Å². The van der Waals surface area contributed by atoms with Crippen molar-refractivity contribution >= 4 is 6.03 Å². The maximum absolute atomic E-state index is 12.0. The third-order valence-electron chi connectivity index (χ3n) is 4.70. The fourth-order valence-electron chi connectivity index (χ4n) is 3.20. The van der Waals surface area contributed by atoms with Crippen molar-refractivity contribution in [3.05, 3.63) is 36.2 Å². The van der Waals surface area contributed by atoms with Crippen LogP contribution >= 0.6 is 0 Å². The predicted molar refractivity (Wildman–Crippen MR) is 96.0 cm³/mol. The topological polar surface area (TPSA) is 80.0 Å². The summed E-state index contributed by atoms with van der Waals surface area (Å²) in [5, 5.41) is 14.0. The van der Waals surface area contributed by atoms with Gasteiger partial charge in [-0.25, -0.2) is 4.79 Å². The summed E-state index contributed by atoms with van der Waals surface area (Å²) in [5.41, 5.74) is 0.898. The lowest BCUT2D eigenvalue weighted by Gasteiger charge is -2.16. The number of hydrogen-bond acceptors (Lipinski definition) is 4. The monoisotopic (exact) mass is 342 g/mol. The van der Waals surface area contributed by atoms with E-state index in [2.05, 4.69) is 27.8 Å². The van der Waals surface area contributed by atoms with E-state index in [0.717, 1.165) is 24.3 Å². The first-order chi connectivity index (χ1) is 12.2. The van der Waals surface area contributed by atoms with Crippen molar-refractivity contribution in [3.63, 3.8) is 0 Å². The quantitative estimate of drug-likeness (QED) is 0.814. The average molecular weight is 342 g/mol. The van der Waals surface area contributed by atoms with Gasteiger partial charge in [0.05, 0.1) is 0 Å². The standard InChI is InChI=1S/C19H26N4O2/c1-14-6-5-9-16(11-10-14)21-19(24)20-13-12-17-22-23-18(25-17)15-7-3-2-4-8-15/h2-4,7-8,14,16H,5-6,9-13H2,1H3,(H2,20,21,24)/t14-,16-/m1/s1. The van der Waals surface area contributed by atoms with Gasteiger partial charge < -0.3 is 15.1 Å². The molecule has 2 aromatic rings.